The first-order valence-corrected chi connectivity index (χ1v) is 10.9. The molecule has 0 unspecified atom stereocenters. The van der Waals surface area contributed by atoms with Crippen molar-refractivity contribution in [1.29, 1.82) is 0 Å². The van der Waals surface area contributed by atoms with Crippen molar-refractivity contribution in [2.24, 2.45) is 5.92 Å². The van der Waals surface area contributed by atoms with Crippen LogP contribution < -0.4 is 20.9 Å². The topological polar surface area (TPSA) is 103 Å². The number of hydrogen-bond donors (Lipinski definition) is 3. The van der Waals surface area contributed by atoms with E-state index in [9.17, 15) is 14.4 Å². The summed E-state index contributed by atoms with van der Waals surface area (Å²) < 4.78 is 0. The van der Waals surface area contributed by atoms with Gasteiger partial charge < -0.3 is 16.0 Å². The molecule has 0 radical (unpaired) electrons. The minimum absolute atomic E-state index is 0.177. The van der Waals surface area contributed by atoms with Crippen LogP contribution in [0.1, 0.15) is 31.9 Å². The number of fused-ring (bicyclic) bond motifs is 1. The first-order chi connectivity index (χ1) is 15.2. The van der Waals surface area contributed by atoms with Gasteiger partial charge in [0.1, 0.15) is 17.9 Å². The fourth-order valence-corrected chi connectivity index (χ4v) is 3.72. The number of pyridine rings is 1. The van der Waals surface area contributed by atoms with Crippen LogP contribution in [0.2, 0.25) is 0 Å². The number of benzene rings is 1. The Bertz CT molecular complexity index is 1010. The standard InChI is InChI=1S/C24H31N5O3/c1-14(2)20(28-22(30)16(4)25-5)24(32)29-19(13-17-10-8-12-26-21(17)29)23(31)27-18-11-7-6-9-15(18)3/h6-12,14,16,19-20,25H,13H2,1-5H3,(H,27,31)(H,28,30)/t16-,19+,20-/m0/s1. The number of likely N-dealkylation sites (N-methyl/N-ethyl adjacent to an activating group) is 1. The molecule has 3 amide bonds. The lowest BCUT2D eigenvalue weighted by molar-refractivity contribution is -0.130. The molecule has 1 aliphatic heterocycles. The van der Waals surface area contributed by atoms with Crippen LogP contribution in [0.15, 0.2) is 42.6 Å². The second kappa shape index (κ2) is 9.91. The molecule has 2 heterocycles. The molecule has 0 spiro atoms. The molecule has 3 rings (SSSR count). The molecule has 1 aromatic carbocycles. The van der Waals surface area contributed by atoms with E-state index in [-0.39, 0.29) is 23.6 Å². The van der Waals surface area contributed by atoms with Crippen molar-refractivity contribution >= 4 is 29.2 Å². The Hall–Kier alpha value is -3.26. The lowest BCUT2D eigenvalue weighted by Crippen LogP contribution is -2.57. The van der Waals surface area contributed by atoms with E-state index in [4.69, 9.17) is 0 Å². The van der Waals surface area contributed by atoms with E-state index in [0.29, 0.717) is 17.9 Å². The van der Waals surface area contributed by atoms with Gasteiger partial charge in [0.25, 0.3) is 5.91 Å². The predicted molar refractivity (Wildman–Crippen MR) is 124 cm³/mol. The van der Waals surface area contributed by atoms with Gasteiger partial charge >= 0.3 is 0 Å². The summed E-state index contributed by atoms with van der Waals surface area (Å²) in [6, 6.07) is 9.16. The highest BCUT2D eigenvalue weighted by Gasteiger charge is 2.43. The molecular formula is C24H31N5O3. The fourth-order valence-electron chi connectivity index (χ4n) is 3.72. The summed E-state index contributed by atoms with van der Waals surface area (Å²) in [5.74, 6) is -0.629. The number of anilines is 2. The number of amides is 3. The van der Waals surface area contributed by atoms with Gasteiger partial charge in [0.15, 0.2) is 0 Å². The van der Waals surface area contributed by atoms with E-state index in [1.54, 1.807) is 26.2 Å². The quantitative estimate of drug-likeness (QED) is 0.615. The number of carbonyl (C=O) groups is 3. The van der Waals surface area contributed by atoms with Gasteiger partial charge in [-0.15, -0.1) is 0 Å². The molecule has 1 aliphatic rings. The molecule has 3 N–H and O–H groups in total. The molecule has 0 saturated heterocycles. The van der Waals surface area contributed by atoms with Crippen molar-refractivity contribution in [2.75, 3.05) is 17.3 Å². The van der Waals surface area contributed by atoms with E-state index in [2.05, 4.69) is 20.9 Å². The van der Waals surface area contributed by atoms with E-state index < -0.39 is 18.1 Å². The van der Waals surface area contributed by atoms with Crippen LogP contribution in [0, 0.1) is 12.8 Å². The van der Waals surface area contributed by atoms with Crippen LogP contribution in [-0.4, -0.2) is 47.9 Å². The summed E-state index contributed by atoms with van der Waals surface area (Å²) in [5, 5.41) is 8.67. The summed E-state index contributed by atoms with van der Waals surface area (Å²) in [6.45, 7) is 7.37. The van der Waals surface area contributed by atoms with Gasteiger partial charge in [0, 0.05) is 18.3 Å². The van der Waals surface area contributed by atoms with Gasteiger partial charge in [-0.1, -0.05) is 38.1 Å². The lowest BCUT2D eigenvalue weighted by Gasteiger charge is -2.31. The largest absolute Gasteiger partial charge is 0.343 e. The van der Waals surface area contributed by atoms with Crippen LogP contribution in [0.5, 0.6) is 0 Å². The first kappa shape index (κ1) is 23.4. The molecule has 0 saturated carbocycles. The van der Waals surface area contributed by atoms with Gasteiger partial charge in [-0.2, -0.15) is 0 Å². The second-order valence-corrected chi connectivity index (χ2v) is 8.46. The molecule has 8 heteroatoms. The smallest absolute Gasteiger partial charge is 0.251 e. The third-order valence-electron chi connectivity index (χ3n) is 5.82. The molecular weight excluding hydrogens is 406 g/mol. The average Bonchev–Trinajstić information content (AvgIpc) is 3.17. The SMILES string of the molecule is CN[C@@H](C)C(=O)N[C@H](C(=O)N1c2ncccc2C[C@@H]1C(=O)Nc1ccccc1C)C(C)C. The summed E-state index contributed by atoms with van der Waals surface area (Å²) >= 11 is 0. The summed E-state index contributed by atoms with van der Waals surface area (Å²) in [5.41, 5.74) is 2.45. The van der Waals surface area contributed by atoms with E-state index in [1.807, 2.05) is 51.1 Å². The number of carbonyl (C=O) groups excluding carboxylic acids is 3. The monoisotopic (exact) mass is 437 g/mol. The van der Waals surface area contributed by atoms with Crippen molar-refractivity contribution in [3.8, 4) is 0 Å². The molecule has 170 valence electrons. The van der Waals surface area contributed by atoms with Crippen LogP contribution in [-0.2, 0) is 20.8 Å². The summed E-state index contributed by atoms with van der Waals surface area (Å²) in [7, 11) is 1.68. The number of para-hydroxylation sites is 1. The Morgan fingerprint density at radius 1 is 1.09 bits per heavy atom. The highest BCUT2D eigenvalue weighted by Crippen LogP contribution is 2.32. The fraction of sp³-hybridized carbons (Fsp3) is 0.417. The Kier molecular flexibility index (Phi) is 7.25. The Morgan fingerprint density at radius 3 is 2.47 bits per heavy atom. The minimum Gasteiger partial charge on any atom is -0.343 e. The number of nitrogens with zero attached hydrogens (tertiary/aromatic N) is 2. The van der Waals surface area contributed by atoms with Gasteiger partial charge in [0.2, 0.25) is 11.8 Å². The van der Waals surface area contributed by atoms with Gasteiger partial charge in [-0.3, -0.25) is 19.3 Å². The molecule has 32 heavy (non-hydrogen) atoms. The predicted octanol–water partition coefficient (Wildman–Crippen LogP) is 2.04. The normalized spacial score (nSPS) is 16.9. The van der Waals surface area contributed by atoms with Gasteiger partial charge in [-0.05, 0) is 50.1 Å². The van der Waals surface area contributed by atoms with E-state index >= 15 is 0 Å². The van der Waals surface area contributed by atoms with E-state index in [0.717, 1.165) is 11.1 Å². The molecule has 0 bridgehead atoms. The summed E-state index contributed by atoms with van der Waals surface area (Å²) in [4.78, 5) is 45.3. The van der Waals surface area contributed by atoms with E-state index in [1.165, 1.54) is 4.90 Å². The third kappa shape index (κ3) is 4.80. The van der Waals surface area contributed by atoms with Crippen LogP contribution >= 0.6 is 0 Å². The van der Waals surface area contributed by atoms with Crippen LogP contribution in [0.4, 0.5) is 11.5 Å². The van der Waals surface area contributed by atoms with Crippen molar-refractivity contribution in [2.45, 2.75) is 52.2 Å². The Morgan fingerprint density at radius 2 is 1.81 bits per heavy atom. The van der Waals surface area contributed by atoms with Crippen molar-refractivity contribution < 1.29 is 14.4 Å². The van der Waals surface area contributed by atoms with Crippen molar-refractivity contribution in [1.82, 2.24) is 15.6 Å². The molecule has 3 atom stereocenters. The maximum absolute atomic E-state index is 13.7. The van der Waals surface area contributed by atoms with Crippen LogP contribution in [0.25, 0.3) is 0 Å². The third-order valence-corrected chi connectivity index (χ3v) is 5.82. The average molecular weight is 438 g/mol. The lowest BCUT2D eigenvalue weighted by atomic mass is 10.0. The number of nitrogens with one attached hydrogen (secondary N) is 3. The van der Waals surface area contributed by atoms with Crippen LogP contribution in [0.3, 0.4) is 0 Å². The Labute approximate surface area is 188 Å². The number of rotatable bonds is 7. The first-order valence-electron chi connectivity index (χ1n) is 10.9. The van der Waals surface area contributed by atoms with Crippen molar-refractivity contribution in [3.63, 3.8) is 0 Å². The molecule has 8 nitrogen and oxygen atoms in total. The zero-order valence-corrected chi connectivity index (χ0v) is 19.2. The number of aryl methyl sites for hydroxylation is 1. The maximum Gasteiger partial charge on any atom is 0.251 e. The second-order valence-electron chi connectivity index (χ2n) is 8.46. The van der Waals surface area contributed by atoms with Gasteiger partial charge in [-0.25, -0.2) is 4.98 Å². The highest BCUT2D eigenvalue weighted by atomic mass is 16.2. The zero-order chi connectivity index (χ0) is 23.4. The minimum atomic E-state index is -0.792. The molecule has 1 aromatic heterocycles. The molecule has 2 aromatic rings. The number of hydrogen-bond acceptors (Lipinski definition) is 5. The van der Waals surface area contributed by atoms with Gasteiger partial charge in [0.05, 0.1) is 6.04 Å². The molecule has 0 fully saturated rings. The summed E-state index contributed by atoms with van der Waals surface area (Å²) in [6.07, 6.45) is 1.96. The highest BCUT2D eigenvalue weighted by molar-refractivity contribution is 6.09. The Balaban J connectivity index is 1.91. The number of aromatic nitrogens is 1. The zero-order valence-electron chi connectivity index (χ0n) is 19.2. The van der Waals surface area contributed by atoms with Crippen molar-refractivity contribution in [3.05, 3.63) is 53.7 Å². The maximum atomic E-state index is 13.7. The molecule has 0 aliphatic carbocycles.